The molecular weight excluding hydrogens is 516 g/mol. The van der Waals surface area contributed by atoms with Gasteiger partial charge in [0.25, 0.3) is 0 Å². The number of carbonyl (C=O) groups is 2. The van der Waals surface area contributed by atoms with Crippen LogP contribution in [0.25, 0.3) is 0 Å². The highest BCUT2D eigenvalue weighted by Crippen LogP contribution is 2.30. The van der Waals surface area contributed by atoms with E-state index in [0.717, 1.165) is 47.9 Å². The van der Waals surface area contributed by atoms with Crippen molar-refractivity contribution in [3.8, 4) is 0 Å². The van der Waals surface area contributed by atoms with Gasteiger partial charge in [0.1, 0.15) is 6.04 Å². The van der Waals surface area contributed by atoms with Crippen LogP contribution < -0.4 is 5.32 Å². The average molecular weight is 559 g/mol. The lowest BCUT2D eigenvalue weighted by Gasteiger charge is -2.34. The molecule has 4 heteroatoms. The zero-order valence-corrected chi connectivity index (χ0v) is 24.6. The lowest BCUT2D eigenvalue weighted by molar-refractivity contribution is -0.141. The Morgan fingerprint density at radius 1 is 0.714 bits per heavy atom. The maximum Gasteiger partial charge on any atom is 0.243 e. The van der Waals surface area contributed by atoms with Crippen molar-refractivity contribution in [3.63, 3.8) is 0 Å². The highest BCUT2D eigenvalue weighted by Gasteiger charge is 2.33. The van der Waals surface area contributed by atoms with E-state index in [1.165, 1.54) is 12.0 Å². The second-order valence-electron chi connectivity index (χ2n) is 11.6. The monoisotopic (exact) mass is 558 g/mol. The highest BCUT2D eigenvalue weighted by molar-refractivity contribution is 5.88. The first-order chi connectivity index (χ1) is 20.6. The summed E-state index contributed by atoms with van der Waals surface area (Å²) in [7, 11) is 0. The van der Waals surface area contributed by atoms with Crippen LogP contribution in [0.3, 0.4) is 0 Å². The number of amides is 2. The van der Waals surface area contributed by atoms with Gasteiger partial charge in [0.2, 0.25) is 11.8 Å². The molecule has 0 bridgehead atoms. The first-order valence-electron chi connectivity index (χ1n) is 15.4. The molecule has 0 saturated heterocycles. The number of hydrogen-bond donors (Lipinski definition) is 1. The summed E-state index contributed by atoms with van der Waals surface area (Å²) >= 11 is 0. The molecule has 0 heterocycles. The largest absolute Gasteiger partial charge is 0.352 e. The number of nitrogens with zero attached hydrogens (tertiary/aromatic N) is 1. The Morgan fingerprint density at radius 2 is 1.26 bits per heavy atom. The number of benzene rings is 4. The Balaban J connectivity index is 1.50. The summed E-state index contributed by atoms with van der Waals surface area (Å²) in [5.41, 5.74) is 5.43. The van der Waals surface area contributed by atoms with E-state index < -0.39 is 6.04 Å². The first-order valence-corrected chi connectivity index (χ1v) is 15.4. The zero-order chi connectivity index (χ0) is 29.1. The van der Waals surface area contributed by atoms with E-state index in [1.807, 2.05) is 71.6 Å². The lowest BCUT2D eigenvalue weighted by atomic mass is 9.87. The molecule has 42 heavy (non-hydrogen) atoms. The number of aryl methyl sites for hydroxylation is 1. The van der Waals surface area contributed by atoms with Gasteiger partial charge in [-0.3, -0.25) is 9.59 Å². The predicted molar refractivity (Wildman–Crippen MR) is 170 cm³/mol. The summed E-state index contributed by atoms with van der Waals surface area (Å²) in [5, 5.41) is 3.35. The van der Waals surface area contributed by atoms with Crippen molar-refractivity contribution in [2.75, 3.05) is 0 Å². The summed E-state index contributed by atoms with van der Waals surface area (Å²) < 4.78 is 0. The van der Waals surface area contributed by atoms with Crippen LogP contribution in [0.15, 0.2) is 115 Å². The van der Waals surface area contributed by atoms with Gasteiger partial charge in [-0.25, -0.2) is 0 Å². The van der Waals surface area contributed by atoms with Crippen LogP contribution in [0.2, 0.25) is 0 Å². The summed E-state index contributed by atoms with van der Waals surface area (Å²) in [6.45, 7) is 2.44. The van der Waals surface area contributed by atoms with E-state index in [0.29, 0.717) is 13.0 Å². The predicted octanol–water partition coefficient (Wildman–Crippen LogP) is 7.61. The maximum atomic E-state index is 14.5. The van der Waals surface area contributed by atoms with Gasteiger partial charge in [0.15, 0.2) is 0 Å². The molecule has 4 nitrogen and oxygen atoms in total. The molecule has 0 spiro atoms. The highest BCUT2D eigenvalue weighted by atomic mass is 16.2. The normalized spacial score (nSPS) is 14.3. The standard InChI is InChI=1S/C38H42N2O2/c1-29-22-24-31(25-23-29)28-40(37(41)27-35(32-16-8-3-9-17-32)33-18-10-4-11-19-33)36(26-30-14-6-2-7-15-30)38(42)39-34-20-12-5-13-21-34/h2-4,6-11,14-19,22-25,34-36H,5,12-13,20-21,26-28H2,1H3,(H,39,42)/t36-/m0/s1. The van der Waals surface area contributed by atoms with Gasteiger partial charge in [-0.05, 0) is 42.0 Å². The van der Waals surface area contributed by atoms with Gasteiger partial charge >= 0.3 is 0 Å². The fraction of sp³-hybridized carbons (Fsp3) is 0.316. The lowest BCUT2D eigenvalue weighted by Crippen LogP contribution is -2.53. The summed E-state index contributed by atoms with van der Waals surface area (Å²) in [6.07, 6.45) is 6.24. The molecule has 1 aliphatic rings. The third kappa shape index (κ3) is 7.97. The Morgan fingerprint density at radius 3 is 1.83 bits per heavy atom. The van der Waals surface area contributed by atoms with Crippen molar-refractivity contribution in [1.82, 2.24) is 10.2 Å². The minimum atomic E-state index is -0.615. The topological polar surface area (TPSA) is 49.4 Å². The zero-order valence-electron chi connectivity index (χ0n) is 24.6. The van der Waals surface area contributed by atoms with Crippen LogP contribution in [0.1, 0.15) is 72.3 Å². The third-order valence-corrected chi connectivity index (χ3v) is 8.48. The van der Waals surface area contributed by atoms with E-state index in [2.05, 4.69) is 60.8 Å². The van der Waals surface area contributed by atoms with Crippen LogP contribution in [-0.4, -0.2) is 28.8 Å². The molecule has 0 radical (unpaired) electrons. The summed E-state index contributed by atoms with van der Waals surface area (Å²) in [5.74, 6) is -0.186. The molecule has 0 unspecified atom stereocenters. The van der Waals surface area contributed by atoms with E-state index in [9.17, 15) is 9.59 Å². The minimum Gasteiger partial charge on any atom is -0.352 e. The molecule has 1 atom stereocenters. The van der Waals surface area contributed by atoms with Gasteiger partial charge in [-0.2, -0.15) is 0 Å². The van der Waals surface area contributed by atoms with Crippen molar-refractivity contribution in [2.24, 2.45) is 0 Å². The van der Waals surface area contributed by atoms with Crippen molar-refractivity contribution >= 4 is 11.8 Å². The van der Waals surface area contributed by atoms with Crippen molar-refractivity contribution < 1.29 is 9.59 Å². The molecular formula is C38H42N2O2. The molecule has 5 rings (SSSR count). The minimum absolute atomic E-state index is 0.0204. The Labute approximate surface area is 250 Å². The van der Waals surface area contributed by atoms with Gasteiger partial charge < -0.3 is 10.2 Å². The van der Waals surface area contributed by atoms with E-state index in [1.54, 1.807) is 0 Å². The average Bonchev–Trinajstić information content (AvgIpc) is 3.04. The summed E-state index contributed by atoms with van der Waals surface area (Å²) in [4.78, 5) is 30.5. The Hall–Kier alpha value is -4.18. The molecule has 2 amide bonds. The van der Waals surface area contributed by atoms with Crippen molar-refractivity contribution in [3.05, 3.63) is 143 Å². The second-order valence-corrected chi connectivity index (χ2v) is 11.6. The van der Waals surface area contributed by atoms with Gasteiger partial charge in [-0.15, -0.1) is 0 Å². The third-order valence-electron chi connectivity index (χ3n) is 8.48. The quantitative estimate of drug-likeness (QED) is 0.206. The fourth-order valence-electron chi connectivity index (χ4n) is 6.08. The SMILES string of the molecule is Cc1ccc(CN(C(=O)CC(c2ccccc2)c2ccccc2)[C@@H](Cc2ccccc2)C(=O)NC2CCCCC2)cc1. The molecule has 0 aliphatic heterocycles. The van der Waals surface area contributed by atoms with Gasteiger partial charge in [0, 0.05) is 31.3 Å². The molecule has 1 saturated carbocycles. The number of carbonyl (C=O) groups excluding carboxylic acids is 2. The van der Waals surface area contributed by atoms with Crippen LogP contribution >= 0.6 is 0 Å². The van der Waals surface area contributed by atoms with Crippen LogP contribution in [0.4, 0.5) is 0 Å². The number of nitrogens with one attached hydrogen (secondary N) is 1. The maximum absolute atomic E-state index is 14.5. The van der Waals surface area contributed by atoms with E-state index >= 15 is 0 Å². The fourth-order valence-corrected chi connectivity index (χ4v) is 6.08. The molecule has 0 aromatic heterocycles. The Bertz CT molecular complexity index is 1360. The van der Waals surface area contributed by atoms with Gasteiger partial charge in [-0.1, -0.05) is 140 Å². The molecule has 1 aliphatic carbocycles. The van der Waals surface area contributed by atoms with Crippen LogP contribution in [0.5, 0.6) is 0 Å². The smallest absolute Gasteiger partial charge is 0.243 e. The van der Waals surface area contributed by atoms with E-state index in [4.69, 9.17) is 0 Å². The number of rotatable bonds is 11. The molecule has 4 aromatic carbocycles. The van der Waals surface area contributed by atoms with Crippen molar-refractivity contribution in [2.45, 2.75) is 76.4 Å². The molecule has 1 N–H and O–H groups in total. The van der Waals surface area contributed by atoms with Crippen LogP contribution in [0, 0.1) is 6.92 Å². The van der Waals surface area contributed by atoms with Gasteiger partial charge in [0.05, 0.1) is 0 Å². The molecule has 216 valence electrons. The second kappa shape index (κ2) is 14.6. The van der Waals surface area contributed by atoms with Crippen LogP contribution in [-0.2, 0) is 22.6 Å². The number of hydrogen-bond acceptors (Lipinski definition) is 2. The Kier molecular flexibility index (Phi) is 10.2. The first kappa shape index (κ1) is 29.3. The van der Waals surface area contributed by atoms with Crippen molar-refractivity contribution in [1.29, 1.82) is 0 Å². The summed E-state index contributed by atoms with van der Waals surface area (Å²) in [6, 6.07) is 38.4. The molecule has 4 aromatic rings. The molecule has 1 fully saturated rings. The van der Waals surface area contributed by atoms with E-state index in [-0.39, 0.29) is 30.2 Å².